The minimum Gasteiger partial charge on any atom is -0.491 e. The third-order valence-corrected chi connectivity index (χ3v) is 5.95. The van der Waals surface area contributed by atoms with Gasteiger partial charge in [0.2, 0.25) is 5.91 Å². The molecule has 0 fully saturated rings. The van der Waals surface area contributed by atoms with Gasteiger partial charge >= 0.3 is 0 Å². The lowest BCUT2D eigenvalue weighted by Crippen LogP contribution is -2.44. The van der Waals surface area contributed by atoms with Gasteiger partial charge in [0.25, 0.3) is 5.91 Å². The van der Waals surface area contributed by atoms with Gasteiger partial charge in [0.15, 0.2) is 0 Å². The number of fused-ring (bicyclic) bond motifs is 1. The summed E-state index contributed by atoms with van der Waals surface area (Å²) in [5.74, 6) is -0.0429. The Hall–Kier alpha value is -3.64. The molecule has 1 aliphatic heterocycles. The number of nitrogens with one attached hydrogen (secondary N) is 1. The van der Waals surface area contributed by atoms with Crippen molar-refractivity contribution in [2.24, 2.45) is 0 Å². The highest BCUT2D eigenvalue weighted by molar-refractivity contribution is 5.94. The summed E-state index contributed by atoms with van der Waals surface area (Å²) < 4.78 is 5.79. The van der Waals surface area contributed by atoms with E-state index in [1.54, 1.807) is 28.6 Å². The third kappa shape index (κ3) is 4.22. The number of hydroxylamine groups is 1. The zero-order valence-electron chi connectivity index (χ0n) is 18.2. The third-order valence-electron chi connectivity index (χ3n) is 5.95. The fourth-order valence-electron chi connectivity index (χ4n) is 3.98. The Labute approximate surface area is 187 Å². The summed E-state index contributed by atoms with van der Waals surface area (Å²) in [5, 5.41) is 8.85. The number of ether oxygens (including phenoxy) is 1. The molecule has 1 aliphatic rings. The Bertz CT molecular complexity index is 1120. The van der Waals surface area contributed by atoms with Crippen molar-refractivity contribution in [3.05, 3.63) is 89.5 Å². The fourth-order valence-corrected chi connectivity index (χ4v) is 3.98. The maximum atomic E-state index is 13.5. The number of hydrogen-bond acceptors (Lipinski definition) is 4. The van der Waals surface area contributed by atoms with E-state index in [-0.39, 0.29) is 5.91 Å². The van der Waals surface area contributed by atoms with Gasteiger partial charge in [-0.2, -0.15) is 0 Å². The number of benzene rings is 3. The van der Waals surface area contributed by atoms with Gasteiger partial charge in [-0.15, -0.1) is 0 Å². The van der Waals surface area contributed by atoms with E-state index in [0.29, 0.717) is 31.0 Å². The second kappa shape index (κ2) is 8.85. The van der Waals surface area contributed by atoms with Crippen molar-refractivity contribution in [2.45, 2.75) is 25.8 Å². The summed E-state index contributed by atoms with van der Waals surface area (Å²) in [4.78, 5) is 27.0. The zero-order valence-corrected chi connectivity index (χ0v) is 18.2. The smallest absolute Gasteiger partial charge is 0.274 e. The Morgan fingerprint density at radius 1 is 0.969 bits per heavy atom. The average Bonchev–Trinajstić information content (AvgIpc) is 3.05. The second-order valence-electron chi connectivity index (χ2n) is 8.41. The molecule has 0 saturated carbocycles. The van der Waals surface area contributed by atoms with E-state index in [1.165, 1.54) is 0 Å². The lowest BCUT2D eigenvalue weighted by molar-refractivity contribution is -0.137. The van der Waals surface area contributed by atoms with E-state index in [9.17, 15) is 9.59 Å². The molecule has 0 aliphatic carbocycles. The fraction of sp³-hybridized carbons (Fsp3) is 0.231. The van der Waals surface area contributed by atoms with Crippen LogP contribution in [0.25, 0.3) is 11.1 Å². The molecule has 0 aromatic heterocycles. The molecule has 0 saturated heterocycles. The molecule has 0 spiro atoms. The van der Waals surface area contributed by atoms with Crippen LogP contribution in [0.5, 0.6) is 5.75 Å². The van der Waals surface area contributed by atoms with Crippen LogP contribution in [-0.4, -0.2) is 35.1 Å². The lowest BCUT2D eigenvalue weighted by atomic mass is 9.82. The van der Waals surface area contributed by atoms with Crippen LogP contribution in [0.1, 0.15) is 35.3 Å². The van der Waals surface area contributed by atoms with Gasteiger partial charge in [-0.05, 0) is 42.7 Å². The maximum absolute atomic E-state index is 13.5. The van der Waals surface area contributed by atoms with Crippen LogP contribution in [0, 0.1) is 0 Å². The molecule has 1 heterocycles. The first-order valence-electron chi connectivity index (χ1n) is 10.6. The van der Waals surface area contributed by atoms with Crippen LogP contribution in [-0.2, 0) is 16.8 Å². The Balaban J connectivity index is 1.54. The standard InChI is InChI=1S/C26H26N2O4/c1-26(2,22-12-10-19(11-13-22)18-6-4-3-5-7-18)25(30)28-14-15-32-23-16-20(24(29)27-31)8-9-21(23)17-28/h3-13,16,31H,14-15,17H2,1-2H3,(H,27,29). The van der Waals surface area contributed by atoms with Crippen molar-refractivity contribution < 1.29 is 19.5 Å². The summed E-state index contributed by atoms with van der Waals surface area (Å²) in [5.41, 5.74) is 5.22. The molecule has 0 unspecified atom stereocenters. The van der Waals surface area contributed by atoms with E-state index in [0.717, 1.165) is 22.3 Å². The minimum atomic E-state index is -0.712. The highest BCUT2D eigenvalue weighted by Crippen LogP contribution is 2.31. The van der Waals surface area contributed by atoms with E-state index in [2.05, 4.69) is 12.1 Å². The topological polar surface area (TPSA) is 78.9 Å². The van der Waals surface area contributed by atoms with Crippen LogP contribution < -0.4 is 10.2 Å². The SMILES string of the molecule is CC(C)(C(=O)N1CCOc2cc(C(=O)NO)ccc2C1)c1ccc(-c2ccccc2)cc1. The van der Waals surface area contributed by atoms with Gasteiger partial charge in [-0.1, -0.05) is 60.7 Å². The van der Waals surface area contributed by atoms with E-state index >= 15 is 0 Å². The van der Waals surface area contributed by atoms with Crippen molar-refractivity contribution in [1.82, 2.24) is 10.4 Å². The van der Waals surface area contributed by atoms with E-state index < -0.39 is 11.3 Å². The molecular formula is C26H26N2O4. The molecule has 0 atom stereocenters. The quantitative estimate of drug-likeness (QED) is 0.481. The van der Waals surface area contributed by atoms with E-state index in [4.69, 9.17) is 9.94 Å². The molecule has 2 amide bonds. The van der Waals surface area contributed by atoms with Crippen LogP contribution in [0.2, 0.25) is 0 Å². The molecule has 3 aromatic rings. The molecule has 6 nitrogen and oxygen atoms in total. The number of rotatable bonds is 4. The Morgan fingerprint density at radius 3 is 2.34 bits per heavy atom. The summed E-state index contributed by atoms with van der Waals surface area (Å²) in [6, 6.07) is 23.2. The van der Waals surface area contributed by atoms with Crippen molar-refractivity contribution in [3.63, 3.8) is 0 Å². The molecule has 6 heteroatoms. The van der Waals surface area contributed by atoms with Crippen LogP contribution in [0.3, 0.4) is 0 Å². The minimum absolute atomic E-state index is 0.0126. The largest absolute Gasteiger partial charge is 0.491 e. The number of hydrogen-bond donors (Lipinski definition) is 2. The molecule has 0 radical (unpaired) electrons. The first-order valence-corrected chi connectivity index (χ1v) is 10.6. The second-order valence-corrected chi connectivity index (χ2v) is 8.41. The number of carbonyl (C=O) groups excluding carboxylic acids is 2. The summed E-state index contributed by atoms with van der Waals surface area (Å²) in [6.45, 7) is 5.04. The molecule has 0 bridgehead atoms. The lowest BCUT2D eigenvalue weighted by Gasteiger charge is -2.31. The van der Waals surface area contributed by atoms with Gasteiger partial charge in [0.1, 0.15) is 12.4 Å². The molecule has 3 aromatic carbocycles. The van der Waals surface area contributed by atoms with Gasteiger partial charge in [-0.3, -0.25) is 14.8 Å². The highest BCUT2D eigenvalue weighted by Gasteiger charge is 2.35. The maximum Gasteiger partial charge on any atom is 0.274 e. The average molecular weight is 431 g/mol. The van der Waals surface area contributed by atoms with E-state index in [1.807, 2.05) is 56.3 Å². The Morgan fingerprint density at radius 2 is 1.66 bits per heavy atom. The molecule has 4 rings (SSSR count). The van der Waals surface area contributed by atoms with Crippen LogP contribution in [0.4, 0.5) is 0 Å². The van der Waals surface area contributed by atoms with Gasteiger partial charge in [0.05, 0.1) is 12.0 Å². The number of carbonyl (C=O) groups is 2. The van der Waals surface area contributed by atoms with Crippen molar-refractivity contribution in [1.29, 1.82) is 0 Å². The summed E-state index contributed by atoms with van der Waals surface area (Å²) in [7, 11) is 0. The molecule has 2 N–H and O–H groups in total. The van der Waals surface area contributed by atoms with Gasteiger partial charge < -0.3 is 9.64 Å². The Kier molecular flexibility index (Phi) is 5.97. The van der Waals surface area contributed by atoms with Gasteiger partial charge in [0, 0.05) is 17.7 Å². The highest BCUT2D eigenvalue weighted by atomic mass is 16.5. The monoisotopic (exact) mass is 430 g/mol. The van der Waals surface area contributed by atoms with Crippen molar-refractivity contribution in [3.8, 4) is 16.9 Å². The van der Waals surface area contributed by atoms with Crippen molar-refractivity contribution in [2.75, 3.05) is 13.2 Å². The zero-order chi connectivity index (χ0) is 22.7. The normalized spacial score (nSPS) is 13.5. The van der Waals surface area contributed by atoms with Crippen LogP contribution >= 0.6 is 0 Å². The predicted octanol–water partition coefficient (Wildman–Crippen LogP) is 4.17. The summed E-state index contributed by atoms with van der Waals surface area (Å²) >= 11 is 0. The molecule has 32 heavy (non-hydrogen) atoms. The molecule has 164 valence electrons. The molecular weight excluding hydrogens is 404 g/mol. The first kappa shape index (κ1) is 21.6. The van der Waals surface area contributed by atoms with Gasteiger partial charge in [-0.25, -0.2) is 5.48 Å². The predicted molar refractivity (Wildman–Crippen MR) is 122 cm³/mol. The van der Waals surface area contributed by atoms with Crippen LogP contribution in [0.15, 0.2) is 72.8 Å². The number of amides is 2. The summed E-state index contributed by atoms with van der Waals surface area (Å²) in [6.07, 6.45) is 0. The van der Waals surface area contributed by atoms with Crippen molar-refractivity contribution >= 4 is 11.8 Å². The first-order chi connectivity index (χ1) is 15.4. The number of nitrogens with zero attached hydrogens (tertiary/aromatic N) is 1.